The van der Waals surface area contributed by atoms with Crippen LogP contribution in [-0.4, -0.2) is 40.2 Å². The molecule has 2 aromatic carbocycles. The Kier molecular flexibility index (Phi) is 6.41. The third kappa shape index (κ3) is 4.75. The predicted octanol–water partition coefficient (Wildman–Crippen LogP) is 4.73. The van der Waals surface area contributed by atoms with E-state index in [1.54, 1.807) is 6.08 Å². The van der Waals surface area contributed by atoms with Gasteiger partial charge in [0.25, 0.3) is 5.91 Å². The molecule has 0 unspecified atom stereocenters. The molecule has 2 aliphatic rings. The summed E-state index contributed by atoms with van der Waals surface area (Å²) in [4.78, 5) is 16.6. The molecule has 0 fully saturated rings. The summed E-state index contributed by atoms with van der Waals surface area (Å²) in [6.45, 7) is 6.90. The summed E-state index contributed by atoms with van der Waals surface area (Å²) < 4.78 is 11.5. The average molecular weight is 449 g/mol. The molecule has 2 heterocycles. The summed E-state index contributed by atoms with van der Waals surface area (Å²) in [6, 6.07) is 15.2. The Morgan fingerprint density at radius 3 is 2.53 bits per heavy atom. The number of aliphatic imine (C=N–C) groups is 1. The van der Waals surface area contributed by atoms with Gasteiger partial charge in [-0.25, -0.2) is 0 Å². The fraction of sp³-hybridized carbons (Fsp3) is 0.250. The number of ether oxygens (including phenoxy) is 2. The van der Waals surface area contributed by atoms with E-state index in [1.165, 1.54) is 16.8 Å². The highest BCUT2D eigenvalue weighted by molar-refractivity contribution is 8.27. The molecule has 32 heavy (non-hydrogen) atoms. The SMILES string of the molecule is Cc1ccccc1OCCOc1ccc(/C=C2\C(=N)N3N=C(C(C)C)SC3=NC2=O)cc1. The molecule has 0 aliphatic carbocycles. The van der Waals surface area contributed by atoms with Gasteiger partial charge in [-0.05, 0) is 54.1 Å². The van der Waals surface area contributed by atoms with Gasteiger partial charge in [0.2, 0.25) is 5.17 Å². The molecule has 0 saturated carbocycles. The van der Waals surface area contributed by atoms with Crippen LogP contribution in [0.4, 0.5) is 0 Å². The van der Waals surface area contributed by atoms with Crippen LogP contribution >= 0.6 is 11.8 Å². The lowest BCUT2D eigenvalue weighted by Gasteiger charge is -2.20. The molecule has 4 rings (SSSR count). The van der Waals surface area contributed by atoms with Crippen LogP contribution in [0.3, 0.4) is 0 Å². The third-order valence-corrected chi connectivity index (χ3v) is 6.07. The number of para-hydroxylation sites is 1. The van der Waals surface area contributed by atoms with E-state index in [4.69, 9.17) is 14.9 Å². The summed E-state index contributed by atoms with van der Waals surface area (Å²) in [7, 11) is 0. The molecule has 0 radical (unpaired) electrons. The fourth-order valence-electron chi connectivity index (χ4n) is 3.10. The number of rotatable bonds is 7. The van der Waals surface area contributed by atoms with Crippen LogP contribution in [0.15, 0.2) is 64.2 Å². The number of amidine groups is 2. The molecule has 164 valence electrons. The largest absolute Gasteiger partial charge is 0.490 e. The zero-order valence-corrected chi connectivity index (χ0v) is 19.0. The minimum absolute atomic E-state index is 0.0387. The van der Waals surface area contributed by atoms with Crippen molar-refractivity contribution in [3.8, 4) is 11.5 Å². The molecule has 0 aromatic heterocycles. The second-order valence-electron chi connectivity index (χ2n) is 7.64. The molecule has 0 saturated heterocycles. The fourth-order valence-corrected chi connectivity index (χ4v) is 3.99. The second kappa shape index (κ2) is 9.40. The van der Waals surface area contributed by atoms with E-state index < -0.39 is 5.91 Å². The molecular formula is C24H24N4O3S. The van der Waals surface area contributed by atoms with Crippen molar-refractivity contribution in [3.05, 3.63) is 65.2 Å². The quantitative estimate of drug-likeness (QED) is 0.489. The summed E-state index contributed by atoms with van der Waals surface area (Å²) in [5, 5.41) is 15.6. The number of amides is 1. The zero-order valence-electron chi connectivity index (χ0n) is 18.2. The van der Waals surface area contributed by atoms with Crippen molar-refractivity contribution in [2.45, 2.75) is 20.8 Å². The van der Waals surface area contributed by atoms with Gasteiger partial charge < -0.3 is 9.47 Å². The Hall–Kier alpha value is -3.39. The molecule has 0 spiro atoms. The Bertz CT molecular complexity index is 1140. The van der Waals surface area contributed by atoms with Crippen molar-refractivity contribution in [1.29, 1.82) is 5.41 Å². The maximum Gasteiger partial charge on any atom is 0.283 e. The number of carbonyl (C=O) groups excluding carboxylic acids is 1. The number of fused-ring (bicyclic) bond motifs is 1. The van der Waals surface area contributed by atoms with Crippen LogP contribution < -0.4 is 9.47 Å². The molecule has 2 aromatic rings. The molecule has 7 nitrogen and oxygen atoms in total. The normalized spacial score (nSPS) is 16.9. The van der Waals surface area contributed by atoms with Crippen LogP contribution in [0.1, 0.15) is 25.0 Å². The summed E-state index contributed by atoms with van der Waals surface area (Å²) in [5.41, 5.74) is 2.08. The molecule has 1 amide bonds. The smallest absolute Gasteiger partial charge is 0.283 e. The zero-order chi connectivity index (χ0) is 22.7. The van der Waals surface area contributed by atoms with E-state index in [1.807, 2.05) is 69.3 Å². The van der Waals surface area contributed by atoms with Crippen LogP contribution in [0.25, 0.3) is 6.08 Å². The van der Waals surface area contributed by atoms with E-state index >= 15 is 0 Å². The summed E-state index contributed by atoms with van der Waals surface area (Å²) >= 11 is 1.34. The highest BCUT2D eigenvalue weighted by atomic mass is 32.2. The van der Waals surface area contributed by atoms with Gasteiger partial charge in [-0.3, -0.25) is 10.2 Å². The lowest BCUT2D eigenvalue weighted by Crippen LogP contribution is -2.35. The Morgan fingerprint density at radius 2 is 1.81 bits per heavy atom. The summed E-state index contributed by atoms with van der Waals surface area (Å²) in [5.74, 6) is 1.37. The first kappa shape index (κ1) is 21.8. The number of aryl methyl sites for hydroxylation is 1. The van der Waals surface area contributed by atoms with E-state index in [-0.39, 0.29) is 17.3 Å². The predicted molar refractivity (Wildman–Crippen MR) is 128 cm³/mol. The molecular weight excluding hydrogens is 424 g/mol. The monoisotopic (exact) mass is 448 g/mol. The number of hydrogen-bond donors (Lipinski definition) is 1. The first-order chi connectivity index (χ1) is 15.4. The average Bonchev–Trinajstić information content (AvgIpc) is 3.21. The third-order valence-electron chi connectivity index (χ3n) is 4.86. The van der Waals surface area contributed by atoms with Crippen molar-refractivity contribution < 1.29 is 14.3 Å². The molecule has 1 N–H and O–H groups in total. The van der Waals surface area contributed by atoms with Crippen molar-refractivity contribution >= 4 is 39.8 Å². The van der Waals surface area contributed by atoms with Crippen molar-refractivity contribution in [2.75, 3.05) is 13.2 Å². The van der Waals surface area contributed by atoms with Crippen molar-refractivity contribution in [2.24, 2.45) is 16.0 Å². The maximum atomic E-state index is 12.5. The number of hydrogen-bond acceptors (Lipinski definition) is 6. The molecule has 2 aliphatic heterocycles. The lowest BCUT2D eigenvalue weighted by molar-refractivity contribution is -0.114. The number of benzene rings is 2. The Balaban J connectivity index is 1.37. The number of thioether (sulfide) groups is 1. The standard InChI is InChI=1S/C24H24N4O3S/c1-15(2)23-27-28-21(25)19(22(29)26-24(28)32-23)14-17-8-10-18(11-9-17)30-12-13-31-20-7-5-4-6-16(20)3/h4-11,14-15,25H,12-13H2,1-3H3/b19-14+,25-21?. The van der Waals surface area contributed by atoms with Gasteiger partial charge in [-0.15, -0.1) is 0 Å². The Labute approximate surface area is 191 Å². The van der Waals surface area contributed by atoms with E-state index in [9.17, 15) is 4.79 Å². The molecule has 0 atom stereocenters. The van der Waals surface area contributed by atoms with Crippen molar-refractivity contribution in [3.63, 3.8) is 0 Å². The van der Waals surface area contributed by atoms with Crippen LogP contribution in [0.2, 0.25) is 0 Å². The minimum Gasteiger partial charge on any atom is -0.490 e. The van der Waals surface area contributed by atoms with Gasteiger partial charge in [0.15, 0.2) is 5.84 Å². The van der Waals surface area contributed by atoms with E-state index in [2.05, 4.69) is 10.1 Å². The first-order valence-electron chi connectivity index (χ1n) is 10.3. The second-order valence-corrected chi connectivity index (χ2v) is 8.63. The minimum atomic E-state index is -0.428. The van der Waals surface area contributed by atoms with Gasteiger partial charge in [-0.2, -0.15) is 15.1 Å². The number of carbonyl (C=O) groups is 1. The van der Waals surface area contributed by atoms with Gasteiger partial charge >= 0.3 is 0 Å². The number of hydrazone groups is 1. The first-order valence-corrected chi connectivity index (χ1v) is 11.2. The van der Waals surface area contributed by atoms with Crippen LogP contribution in [-0.2, 0) is 4.79 Å². The van der Waals surface area contributed by atoms with Gasteiger partial charge in [0, 0.05) is 5.92 Å². The molecule has 0 bridgehead atoms. The van der Waals surface area contributed by atoms with Gasteiger partial charge in [-0.1, -0.05) is 44.2 Å². The van der Waals surface area contributed by atoms with Gasteiger partial charge in [0.1, 0.15) is 29.8 Å². The van der Waals surface area contributed by atoms with Gasteiger partial charge in [0.05, 0.1) is 5.57 Å². The number of nitrogens with one attached hydrogen (secondary N) is 1. The maximum absolute atomic E-state index is 12.5. The van der Waals surface area contributed by atoms with Crippen molar-refractivity contribution in [1.82, 2.24) is 5.01 Å². The van der Waals surface area contributed by atoms with Crippen LogP contribution in [0, 0.1) is 18.3 Å². The highest BCUT2D eigenvalue weighted by Crippen LogP contribution is 2.30. The topological polar surface area (TPSA) is 87.3 Å². The molecule has 8 heteroatoms. The van der Waals surface area contributed by atoms with E-state index in [0.717, 1.165) is 21.9 Å². The Morgan fingerprint density at radius 1 is 1.09 bits per heavy atom. The van der Waals surface area contributed by atoms with Crippen LogP contribution in [0.5, 0.6) is 11.5 Å². The van der Waals surface area contributed by atoms with E-state index in [0.29, 0.717) is 24.1 Å². The lowest BCUT2D eigenvalue weighted by atomic mass is 10.1. The highest BCUT2D eigenvalue weighted by Gasteiger charge is 2.36. The summed E-state index contributed by atoms with van der Waals surface area (Å²) in [6.07, 6.45) is 1.66. The number of nitrogens with zero attached hydrogens (tertiary/aromatic N) is 3.